The first-order valence-corrected chi connectivity index (χ1v) is 26.1. The average Bonchev–Trinajstić information content (AvgIpc) is 3.94. The van der Waals surface area contributed by atoms with Crippen LogP contribution in [-0.2, 0) is 42.9 Å². The number of carbonyl (C=O) groups is 4. The van der Waals surface area contributed by atoms with E-state index < -0.39 is 76.8 Å². The van der Waals surface area contributed by atoms with Crippen LogP contribution in [0.25, 0.3) is 0 Å². The smallest absolute Gasteiger partial charge is 0.309 e. The van der Waals surface area contributed by atoms with Crippen molar-refractivity contribution in [2.75, 3.05) is 12.4 Å². The maximum atomic E-state index is 13.2. The molecule has 0 saturated carbocycles. The third-order valence-electron chi connectivity index (χ3n) is 15.5. The van der Waals surface area contributed by atoms with Gasteiger partial charge in [0, 0.05) is 49.2 Å². The normalized spacial score (nSPS) is 42.0. The number of nitrogens with zero attached hydrogens (tertiary/aromatic N) is 2. The van der Waals surface area contributed by atoms with E-state index in [1.165, 1.54) is 0 Å². The van der Waals surface area contributed by atoms with Crippen molar-refractivity contribution in [3.8, 4) is 0 Å². The van der Waals surface area contributed by atoms with Crippen LogP contribution in [-0.4, -0.2) is 139 Å². The Morgan fingerprint density at radius 2 is 1.07 bits per heavy atom. The van der Waals surface area contributed by atoms with Crippen LogP contribution >= 0.6 is 11.8 Å². The molecule has 0 amide bonds. The molecule has 4 N–H and O–H groups in total. The summed E-state index contributed by atoms with van der Waals surface area (Å²) in [6, 6.07) is -0.0925. The molecule has 0 spiro atoms. The van der Waals surface area contributed by atoms with Crippen molar-refractivity contribution >= 4 is 46.2 Å². The summed E-state index contributed by atoms with van der Waals surface area (Å²) in [4.78, 5) is 61.3. The SMILES string of the molecule is CC1=NC(/C=C(\C)[C@@H]2CC3OC3(C)C/C=C/[C@H](C)[C@H](O)[C@@H](C)C(=O)C(C)(C)[C@@H](O)CC(=O)O2)CO1.CC1=NC(/C=C(\C)[C@@H]2CC3OC3(C)C/C=C/[C@H](C)[C@H](O)[C@@H](C)C(=O)C(C)(C)[C@@H](O)CC(=O)O2)CS1. The first-order chi connectivity index (χ1) is 32.5. The number of ether oxygens (including phenoxy) is 5. The highest BCUT2D eigenvalue weighted by Gasteiger charge is 2.54. The lowest BCUT2D eigenvalue weighted by Gasteiger charge is -2.34. The van der Waals surface area contributed by atoms with Gasteiger partial charge in [-0.25, -0.2) is 4.99 Å². The Balaban J connectivity index is 0.000000261. The zero-order chi connectivity index (χ0) is 52.3. The quantitative estimate of drug-likeness (QED) is 0.126. The van der Waals surface area contributed by atoms with Crippen LogP contribution in [0.4, 0.5) is 0 Å². The largest absolute Gasteiger partial charge is 0.479 e. The molecular formula is C54H82N2O13S. The number of cyclic esters (lactones) is 2. The fourth-order valence-electron chi connectivity index (χ4n) is 9.82. The van der Waals surface area contributed by atoms with Crippen molar-refractivity contribution in [3.05, 3.63) is 47.6 Å². The number of epoxide rings is 2. The first kappa shape index (κ1) is 57.4. The summed E-state index contributed by atoms with van der Waals surface area (Å²) < 4.78 is 29.2. The maximum absolute atomic E-state index is 13.2. The van der Waals surface area contributed by atoms with Gasteiger partial charge in [-0.05, 0) is 58.6 Å². The molecule has 0 radical (unpaired) electrons. The predicted molar refractivity (Wildman–Crippen MR) is 270 cm³/mol. The number of aliphatic hydroxyl groups excluding tert-OH is 4. The number of ketones is 2. The van der Waals surface area contributed by atoms with Crippen molar-refractivity contribution in [1.29, 1.82) is 0 Å². The van der Waals surface area contributed by atoms with Gasteiger partial charge < -0.3 is 44.1 Å². The lowest BCUT2D eigenvalue weighted by molar-refractivity contribution is -0.156. The Kier molecular flexibility index (Phi) is 19.0. The molecule has 392 valence electrons. The molecule has 0 bridgehead atoms. The van der Waals surface area contributed by atoms with Gasteiger partial charge in [-0.2, -0.15) is 0 Å². The summed E-state index contributed by atoms with van der Waals surface area (Å²) >= 11 is 1.71. The summed E-state index contributed by atoms with van der Waals surface area (Å²) in [7, 11) is 0. The predicted octanol–water partition coefficient (Wildman–Crippen LogP) is 7.01. The van der Waals surface area contributed by atoms with Crippen LogP contribution in [0.5, 0.6) is 0 Å². The second-order valence-electron chi connectivity index (χ2n) is 22.3. The van der Waals surface area contributed by atoms with Gasteiger partial charge in [-0.3, -0.25) is 24.2 Å². The number of hydrogen-bond acceptors (Lipinski definition) is 16. The molecule has 2 fully saturated rings. The van der Waals surface area contributed by atoms with Crippen molar-refractivity contribution in [3.63, 3.8) is 0 Å². The number of aliphatic imine (C=N–C) groups is 2. The third-order valence-corrected chi connectivity index (χ3v) is 16.6. The molecule has 6 aliphatic rings. The number of aliphatic hydroxyl groups is 4. The Hall–Kier alpha value is -3.51. The van der Waals surface area contributed by atoms with Crippen LogP contribution in [0, 0.1) is 34.5 Å². The molecule has 6 aliphatic heterocycles. The second kappa shape index (κ2) is 23.1. The minimum Gasteiger partial charge on any atom is -0.479 e. The van der Waals surface area contributed by atoms with E-state index in [1.54, 1.807) is 60.2 Å². The number of fused-ring (bicyclic) bond motifs is 2. The van der Waals surface area contributed by atoms with Gasteiger partial charge in [-0.15, -0.1) is 11.8 Å². The molecule has 0 aromatic carbocycles. The Morgan fingerprint density at radius 3 is 1.44 bits per heavy atom. The lowest BCUT2D eigenvalue weighted by atomic mass is 9.73. The molecule has 16 heteroatoms. The van der Waals surface area contributed by atoms with E-state index in [2.05, 4.69) is 9.98 Å². The fraction of sp³-hybridized carbons (Fsp3) is 0.741. The molecule has 0 aromatic rings. The van der Waals surface area contributed by atoms with E-state index >= 15 is 0 Å². The Bertz CT molecular complexity index is 1970. The van der Waals surface area contributed by atoms with Gasteiger partial charge in [0.1, 0.15) is 36.4 Å². The van der Waals surface area contributed by atoms with E-state index in [-0.39, 0.29) is 66.1 Å². The number of carbonyl (C=O) groups excluding carboxylic acids is 4. The number of thioether (sulfide) groups is 1. The third kappa shape index (κ3) is 14.4. The van der Waals surface area contributed by atoms with Crippen LogP contribution in [0.15, 0.2) is 57.6 Å². The highest BCUT2D eigenvalue weighted by Crippen LogP contribution is 2.45. The summed E-state index contributed by atoms with van der Waals surface area (Å²) in [5.41, 5.74) is -1.46. The molecule has 0 aromatic heterocycles. The van der Waals surface area contributed by atoms with Gasteiger partial charge in [-0.1, -0.05) is 91.8 Å². The molecule has 16 atom stereocenters. The van der Waals surface area contributed by atoms with E-state index in [9.17, 15) is 39.6 Å². The minimum atomic E-state index is -1.25. The fourth-order valence-corrected chi connectivity index (χ4v) is 10.6. The van der Waals surface area contributed by atoms with E-state index in [4.69, 9.17) is 23.7 Å². The molecule has 70 heavy (non-hydrogen) atoms. The summed E-state index contributed by atoms with van der Waals surface area (Å²) in [6.07, 6.45) is 7.94. The van der Waals surface area contributed by atoms with Gasteiger partial charge in [0.15, 0.2) is 5.90 Å². The van der Waals surface area contributed by atoms with Gasteiger partial charge in [0.2, 0.25) is 0 Å². The van der Waals surface area contributed by atoms with Crippen LogP contribution < -0.4 is 0 Å². The molecule has 6 unspecified atom stereocenters. The molecule has 6 heterocycles. The van der Waals surface area contributed by atoms with Gasteiger partial charge in [0.25, 0.3) is 0 Å². The Morgan fingerprint density at radius 1 is 0.657 bits per heavy atom. The maximum Gasteiger partial charge on any atom is 0.309 e. The molecule has 2 saturated heterocycles. The zero-order valence-electron chi connectivity index (χ0n) is 44.0. The van der Waals surface area contributed by atoms with E-state index in [1.807, 2.05) is 84.9 Å². The van der Waals surface area contributed by atoms with Crippen molar-refractivity contribution < 1.29 is 63.3 Å². The molecular weight excluding hydrogens is 917 g/mol. The highest BCUT2D eigenvalue weighted by molar-refractivity contribution is 8.14. The number of Topliss-reactive ketones (excluding diaryl/α,β-unsaturated/α-hetero) is 2. The van der Waals surface area contributed by atoms with Crippen molar-refractivity contribution in [1.82, 2.24) is 0 Å². The monoisotopic (exact) mass is 999 g/mol. The molecule has 0 aliphatic carbocycles. The van der Waals surface area contributed by atoms with Crippen LogP contribution in [0.3, 0.4) is 0 Å². The summed E-state index contributed by atoms with van der Waals surface area (Å²) in [5, 5.41) is 44.3. The summed E-state index contributed by atoms with van der Waals surface area (Å²) in [6.45, 7) is 25.6. The van der Waals surface area contributed by atoms with Crippen LogP contribution in [0.2, 0.25) is 0 Å². The van der Waals surface area contributed by atoms with Crippen molar-refractivity contribution in [2.24, 2.45) is 44.5 Å². The number of rotatable bonds is 4. The molecule has 6 rings (SSSR count). The lowest BCUT2D eigenvalue weighted by Crippen LogP contribution is -2.45. The number of esters is 2. The standard InChI is InChI=1S/C27H41NO7.C27H41NO6S/c1-15-9-8-10-27(7)22(35-27)12-20(16(2)11-19-14-33-18(4)28-19)34-23(30)13-21(29)26(5,6)25(32)17(3)24(15)31;1-15-9-8-10-27(7)22(34-27)12-20(16(2)11-19-14-35-18(4)28-19)33-23(30)13-21(29)26(5,6)25(32)17(3)24(15)31/h2*8-9,11,15,17,19-22,24,29,31H,10,12-14H2,1-7H3/b2*9-8+,16-11+/t2*15-,17+,19?,20-,21-,22?,24-,27?/m00/s1. The average molecular weight is 999 g/mol. The van der Waals surface area contributed by atoms with Crippen LogP contribution in [0.1, 0.15) is 135 Å². The topological polar surface area (TPSA) is 227 Å². The van der Waals surface area contributed by atoms with Gasteiger partial charge >= 0.3 is 11.9 Å². The summed E-state index contributed by atoms with van der Waals surface area (Å²) in [5.74, 6) is -2.14. The molecule has 15 nitrogen and oxygen atoms in total. The van der Waals surface area contributed by atoms with E-state index in [0.29, 0.717) is 38.2 Å². The highest BCUT2D eigenvalue weighted by atomic mass is 32.2. The van der Waals surface area contributed by atoms with Gasteiger partial charge in [0.05, 0.1) is 82.6 Å². The Labute approximate surface area is 420 Å². The zero-order valence-corrected chi connectivity index (χ0v) is 44.8. The van der Waals surface area contributed by atoms with Crippen molar-refractivity contribution in [2.45, 2.75) is 208 Å². The van der Waals surface area contributed by atoms with E-state index in [0.717, 1.165) is 21.9 Å². The second-order valence-corrected chi connectivity index (χ2v) is 23.5. The minimum absolute atomic E-state index is 0.0463. The number of hydrogen-bond donors (Lipinski definition) is 4. The first-order valence-electron chi connectivity index (χ1n) is 25.1.